The highest BCUT2D eigenvalue weighted by Gasteiger charge is 2.32. The molecule has 1 aromatic rings. The Bertz CT molecular complexity index is 427. The molecule has 0 heterocycles. The molecule has 1 atom stereocenters. The third-order valence-electron chi connectivity index (χ3n) is 2.37. The Morgan fingerprint density at radius 3 is 2.26 bits per heavy atom. The molecule has 0 radical (unpaired) electrons. The normalized spacial score (nSPS) is 12.6. The molecule has 1 aromatic carbocycles. The van der Waals surface area contributed by atoms with Crippen molar-refractivity contribution in [2.24, 2.45) is 5.73 Å². The van der Waals surface area contributed by atoms with Crippen molar-refractivity contribution in [1.82, 2.24) is 0 Å². The molecule has 1 rings (SSSR count). The molecule has 8 heteroatoms. The van der Waals surface area contributed by atoms with Crippen molar-refractivity contribution in [2.75, 3.05) is 14.2 Å². The Hall–Kier alpha value is -0.850. The molecular weight excluding hydrogens is 306 g/mol. The molecule has 0 aromatic heterocycles. The number of nitrogens with two attached hydrogens (primary N) is 1. The summed E-state index contributed by atoms with van der Waals surface area (Å²) in [5, 5.41) is 0.0357. The first-order valence-corrected chi connectivity index (χ1v) is 5.40. The van der Waals surface area contributed by atoms with Crippen LogP contribution in [-0.2, 0) is 0 Å². The lowest BCUT2D eigenvalue weighted by Gasteiger charge is -2.18. The van der Waals surface area contributed by atoms with Crippen LogP contribution in [0.4, 0.5) is 13.2 Å². The minimum atomic E-state index is -4.35. The first kappa shape index (κ1) is 18.1. The minimum absolute atomic E-state index is 0. The van der Waals surface area contributed by atoms with Crippen LogP contribution in [0.25, 0.3) is 0 Å². The summed E-state index contributed by atoms with van der Waals surface area (Å²) in [5.41, 5.74) is 5.67. The van der Waals surface area contributed by atoms with Gasteiger partial charge in [-0.1, -0.05) is 17.7 Å². The summed E-state index contributed by atoms with van der Waals surface area (Å²) in [5.74, 6) is 0.514. The number of alkyl halides is 3. The van der Waals surface area contributed by atoms with Gasteiger partial charge >= 0.3 is 6.18 Å². The van der Waals surface area contributed by atoms with Gasteiger partial charge in [0.2, 0.25) is 0 Å². The van der Waals surface area contributed by atoms with E-state index in [-0.39, 0.29) is 28.7 Å². The van der Waals surface area contributed by atoms with Gasteiger partial charge in [0.25, 0.3) is 0 Å². The van der Waals surface area contributed by atoms with Crippen molar-refractivity contribution in [3.05, 3.63) is 22.7 Å². The van der Waals surface area contributed by atoms with Gasteiger partial charge in [0.1, 0.15) is 0 Å². The summed E-state index contributed by atoms with van der Waals surface area (Å²) in [4.78, 5) is 0. The second-order valence-corrected chi connectivity index (χ2v) is 4.01. The Morgan fingerprint density at radius 1 is 1.26 bits per heavy atom. The van der Waals surface area contributed by atoms with Crippen molar-refractivity contribution in [3.63, 3.8) is 0 Å². The number of rotatable bonds is 4. The predicted molar refractivity (Wildman–Crippen MR) is 69.4 cm³/mol. The molecule has 0 saturated heterocycles. The molecule has 0 fully saturated rings. The van der Waals surface area contributed by atoms with Gasteiger partial charge in [-0.3, -0.25) is 0 Å². The third kappa shape index (κ3) is 4.63. The summed E-state index contributed by atoms with van der Waals surface area (Å²) >= 11 is 5.96. The van der Waals surface area contributed by atoms with Gasteiger partial charge in [0.15, 0.2) is 11.5 Å². The van der Waals surface area contributed by atoms with Crippen molar-refractivity contribution in [2.45, 2.75) is 18.6 Å². The van der Waals surface area contributed by atoms with Crippen LogP contribution in [-0.4, -0.2) is 20.4 Å². The fraction of sp³-hybridized carbons (Fsp3) is 0.455. The largest absolute Gasteiger partial charge is 0.493 e. The maximum Gasteiger partial charge on any atom is 0.390 e. The van der Waals surface area contributed by atoms with E-state index in [1.165, 1.54) is 26.4 Å². The Labute approximate surface area is 120 Å². The van der Waals surface area contributed by atoms with Gasteiger partial charge in [-0.25, -0.2) is 0 Å². The van der Waals surface area contributed by atoms with Crippen LogP contribution >= 0.6 is 24.0 Å². The Morgan fingerprint density at radius 2 is 1.84 bits per heavy atom. The first-order valence-electron chi connectivity index (χ1n) is 5.03. The zero-order valence-corrected chi connectivity index (χ0v) is 11.8. The average molecular weight is 320 g/mol. The van der Waals surface area contributed by atoms with E-state index in [4.69, 9.17) is 26.8 Å². The average Bonchev–Trinajstić information content (AvgIpc) is 2.25. The monoisotopic (exact) mass is 319 g/mol. The van der Waals surface area contributed by atoms with Crippen LogP contribution in [0.1, 0.15) is 18.0 Å². The number of halogens is 5. The first-order chi connectivity index (χ1) is 8.30. The molecular formula is C11H14Cl2F3NO2. The van der Waals surface area contributed by atoms with E-state index in [9.17, 15) is 13.2 Å². The van der Waals surface area contributed by atoms with E-state index in [0.29, 0.717) is 5.75 Å². The molecule has 110 valence electrons. The highest BCUT2D eigenvalue weighted by molar-refractivity contribution is 6.33. The molecule has 0 bridgehead atoms. The topological polar surface area (TPSA) is 44.5 Å². The molecule has 0 saturated carbocycles. The number of ether oxygens (including phenoxy) is 2. The molecule has 0 unspecified atom stereocenters. The van der Waals surface area contributed by atoms with Crippen molar-refractivity contribution in [1.29, 1.82) is 0 Å². The summed E-state index contributed by atoms with van der Waals surface area (Å²) in [6, 6.07) is 1.63. The van der Waals surface area contributed by atoms with E-state index >= 15 is 0 Å². The van der Waals surface area contributed by atoms with Gasteiger partial charge in [-0.05, 0) is 11.6 Å². The van der Waals surface area contributed by atoms with Crippen molar-refractivity contribution >= 4 is 24.0 Å². The maximum absolute atomic E-state index is 12.3. The number of hydrogen-bond acceptors (Lipinski definition) is 3. The second kappa shape index (κ2) is 7.07. The van der Waals surface area contributed by atoms with Crippen molar-refractivity contribution in [3.8, 4) is 11.5 Å². The van der Waals surface area contributed by atoms with Gasteiger partial charge in [-0.15, -0.1) is 12.4 Å². The minimum Gasteiger partial charge on any atom is -0.493 e. The molecule has 0 amide bonds. The second-order valence-electron chi connectivity index (χ2n) is 3.63. The quantitative estimate of drug-likeness (QED) is 0.919. The number of hydrogen-bond donors (Lipinski definition) is 1. The highest BCUT2D eigenvalue weighted by Crippen LogP contribution is 2.41. The van der Waals surface area contributed by atoms with E-state index in [1.54, 1.807) is 0 Å². The van der Waals surface area contributed by atoms with Crippen LogP contribution in [0.3, 0.4) is 0 Å². The van der Waals surface area contributed by atoms with E-state index in [2.05, 4.69) is 0 Å². The summed E-state index contributed by atoms with van der Waals surface area (Å²) in [6.07, 6.45) is -5.50. The van der Waals surface area contributed by atoms with Gasteiger partial charge in [0.05, 0.1) is 25.7 Å². The zero-order chi connectivity index (χ0) is 13.9. The standard InChI is InChI=1S/C11H13ClF3NO2.ClH/c1-17-8-4-3-6(9(12)10(8)18-2)7(16)5-11(13,14)15;/h3-4,7H,5,16H2,1-2H3;1H/t7-;/m1./s1. The summed E-state index contributed by atoms with van der Waals surface area (Å²) in [6.45, 7) is 0. The molecule has 0 aliphatic heterocycles. The Kier molecular flexibility index (Phi) is 6.76. The summed E-state index contributed by atoms with van der Waals surface area (Å²) < 4.78 is 46.8. The lowest BCUT2D eigenvalue weighted by molar-refractivity contribution is -0.138. The fourth-order valence-corrected chi connectivity index (χ4v) is 1.92. The highest BCUT2D eigenvalue weighted by atomic mass is 35.5. The van der Waals surface area contributed by atoms with Crippen LogP contribution in [0.5, 0.6) is 11.5 Å². The molecule has 0 aliphatic rings. The zero-order valence-electron chi connectivity index (χ0n) is 10.3. The lowest BCUT2D eigenvalue weighted by atomic mass is 10.0. The summed E-state index contributed by atoms with van der Waals surface area (Å²) in [7, 11) is 2.76. The molecule has 0 aliphatic carbocycles. The van der Waals surface area contributed by atoms with E-state index in [0.717, 1.165) is 0 Å². The fourth-order valence-electron chi connectivity index (χ4n) is 1.55. The lowest BCUT2D eigenvalue weighted by Crippen LogP contribution is -2.20. The van der Waals surface area contributed by atoms with Gasteiger partial charge in [-0.2, -0.15) is 13.2 Å². The molecule has 2 N–H and O–H groups in total. The van der Waals surface area contributed by atoms with Crippen LogP contribution in [0.2, 0.25) is 5.02 Å². The molecule has 19 heavy (non-hydrogen) atoms. The van der Waals surface area contributed by atoms with Crippen LogP contribution < -0.4 is 15.2 Å². The van der Waals surface area contributed by atoms with Gasteiger partial charge in [0, 0.05) is 6.04 Å². The van der Waals surface area contributed by atoms with Crippen LogP contribution in [0, 0.1) is 0 Å². The SMILES string of the molecule is COc1ccc([C@H](N)CC(F)(F)F)c(Cl)c1OC.Cl. The van der Waals surface area contributed by atoms with E-state index in [1.807, 2.05) is 0 Å². The molecule has 3 nitrogen and oxygen atoms in total. The van der Waals surface area contributed by atoms with Crippen molar-refractivity contribution < 1.29 is 22.6 Å². The number of methoxy groups -OCH3 is 2. The predicted octanol–water partition coefficient (Wildman–Crippen LogP) is 3.73. The Balaban J connectivity index is 0.00000324. The molecule has 0 spiro atoms. The maximum atomic E-state index is 12.3. The van der Waals surface area contributed by atoms with Gasteiger partial charge < -0.3 is 15.2 Å². The number of benzene rings is 1. The van der Waals surface area contributed by atoms with Crippen LogP contribution in [0.15, 0.2) is 12.1 Å². The smallest absolute Gasteiger partial charge is 0.390 e. The van der Waals surface area contributed by atoms with E-state index < -0.39 is 18.6 Å². The third-order valence-corrected chi connectivity index (χ3v) is 2.76.